The third kappa shape index (κ3) is 4.15. The average Bonchev–Trinajstić information content (AvgIpc) is 2.63. The van der Waals surface area contributed by atoms with E-state index in [1.165, 1.54) is 5.56 Å². The van der Waals surface area contributed by atoms with Crippen LogP contribution in [0, 0.1) is 11.3 Å². The predicted molar refractivity (Wildman–Crippen MR) is 95.6 cm³/mol. The third-order valence-electron chi connectivity index (χ3n) is 4.11. The van der Waals surface area contributed by atoms with E-state index in [-0.39, 0.29) is 0 Å². The number of benzene rings is 1. The average molecular weight is 362 g/mol. The molecule has 3 rings (SSSR count). The van der Waals surface area contributed by atoms with E-state index >= 15 is 0 Å². The number of piperazine rings is 1. The van der Waals surface area contributed by atoms with E-state index in [1.807, 2.05) is 18.2 Å². The maximum Gasteiger partial charge on any atom is 0.226 e. The number of aromatic nitrogens is 2. The summed E-state index contributed by atoms with van der Waals surface area (Å²) < 4.78 is 0. The summed E-state index contributed by atoms with van der Waals surface area (Å²) in [5.74, 6) is 0.637. The van der Waals surface area contributed by atoms with Crippen LogP contribution in [0.5, 0.6) is 0 Å². The Morgan fingerprint density at radius 3 is 2.58 bits per heavy atom. The topological polar surface area (TPSA) is 56.1 Å². The van der Waals surface area contributed by atoms with E-state index in [0.29, 0.717) is 21.7 Å². The van der Waals surface area contributed by atoms with Gasteiger partial charge in [0.2, 0.25) is 5.95 Å². The second-order valence-electron chi connectivity index (χ2n) is 5.68. The first-order valence-corrected chi connectivity index (χ1v) is 8.55. The van der Waals surface area contributed by atoms with Crippen LogP contribution in [0.3, 0.4) is 0 Å². The molecule has 0 N–H and O–H groups in total. The largest absolute Gasteiger partial charge is 0.338 e. The molecule has 0 amide bonds. The molecule has 2 aromatic rings. The molecule has 7 heteroatoms. The van der Waals surface area contributed by atoms with Crippen molar-refractivity contribution in [1.82, 2.24) is 14.9 Å². The van der Waals surface area contributed by atoms with Gasteiger partial charge in [0.1, 0.15) is 11.8 Å². The van der Waals surface area contributed by atoms with Crippen molar-refractivity contribution in [3.63, 3.8) is 0 Å². The quantitative estimate of drug-likeness (QED) is 0.837. The number of halogens is 2. The highest BCUT2D eigenvalue weighted by Crippen LogP contribution is 2.23. The number of rotatable bonds is 4. The van der Waals surface area contributed by atoms with Crippen LogP contribution < -0.4 is 4.90 Å². The molecule has 0 radical (unpaired) electrons. The maximum atomic E-state index is 8.93. The molecule has 0 spiro atoms. The Hall–Kier alpha value is -1.87. The van der Waals surface area contributed by atoms with E-state index < -0.39 is 0 Å². The van der Waals surface area contributed by atoms with Gasteiger partial charge in [-0.05, 0) is 30.2 Å². The van der Waals surface area contributed by atoms with E-state index in [9.17, 15) is 0 Å². The van der Waals surface area contributed by atoms with Gasteiger partial charge in [0.15, 0.2) is 0 Å². The Labute approximate surface area is 151 Å². The highest BCUT2D eigenvalue weighted by Gasteiger charge is 2.19. The standard InChI is InChI=1S/C17H17Cl2N5/c18-15-2-1-13(11-16(15)19)4-6-23-7-9-24(10-8-23)17-21-5-3-14(12-20)22-17/h1-3,5,11H,4,6-10H2. The molecule has 0 unspecified atom stereocenters. The maximum absolute atomic E-state index is 8.93. The monoisotopic (exact) mass is 361 g/mol. The molecule has 1 aliphatic rings. The second kappa shape index (κ2) is 7.80. The fourth-order valence-electron chi connectivity index (χ4n) is 2.72. The molecular formula is C17H17Cl2N5. The summed E-state index contributed by atoms with van der Waals surface area (Å²) in [6, 6.07) is 9.47. The Morgan fingerprint density at radius 2 is 1.88 bits per heavy atom. The van der Waals surface area contributed by atoms with Gasteiger partial charge in [-0.3, -0.25) is 4.90 Å². The van der Waals surface area contributed by atoms with Gasteiger partial charge in [0.05, 0.1) is 10.0 Å². The van der Waals surface area contributed by atoms with Crippen LogP contribution >= 0.6 is 23.2 Å². The minimum Gasteiger partial charge on any atom is -0.338 e. The minimum atomic E-state index is 0.405. The normalized spacial score (nSPS) is 15.3. The summed E-state index contributed by atoms with van der Waals surface area (Å²) in [5.41, 5.74) is 1.60. The molecular weight excluding hydrogens is 345 g/mol. The van der Waals surface area contributed by atoms with E-state index in [2.05, 4.69) is 25.8 Å². The van der Waals surface area contributed by atoms with E-state index in [0.717, 1.165) is 39.1 Å². The van der Waals surface area contributed by atoms with Crippen LogP contribution in [0.1, 0.15) is 11.3 Å². The zero-order valence-corrected chi connectivity index (χ0v) is 14.6. The van der Waals surface area contributed by atoms with Crippen molar-refractivity contribution >= 4 is 29.2 Å². The number of hydrogen-bond donors (Lipinski definition) is 0. The third-order valence-corrected chi connectivity index (χ3v) is 4.85. The number of hydrogen-bond acceptors (Lipinski definition) is 5. The van der Waals surface area contributed by atoms with Gasteiger partial charge < -0.3 is 4.90 Å². The van der Waals surface area contributed by atoms with Gasteiger partial charge >= 0.3 is 0 Å². The lowest BCUT2D eigenvalue weighted by atomic mass is 10.1. The lowest BCUT2D eigenvalue weighted by molar-refractivity contribution is 0.260. The van der Waals surface area contributed by atoms with E-state index in [4.69, 9.17) is 28.5 Å². The molecule has 1 fully saturated rings. The molecule has 1 aliphatic heterocycles. The van der Waals surface area contributed by atoms with Crippen molar-refractivity contribution in [3.8, 4) is 6.07 Å². The molecule has 1 aromatic heterocycles. The molecule has 0 saturated carbocycles. The fraction of sp³-hybridized carbons (Fsp3) is 0.353. The van der Waals surface area contributed by atoms with Crippen molar-refractivity contribution in [2.45, 2.75) is 6.42 Å². The molecule has 1 saturated heterocycles. The summed E-state index contributed by atoms with van der Waals surface area (Å²) in [6.45, 7) is 4.58. The fourth-order valence-corrected chi connectivity index (χ4v) is 3.04. The molecule has 24 heavy (non-hydrogen) atoms. The number of nitrogens with zero attached hydrogens (tertiary/aromatic N) is 5. The van der Waals surface area contributed by atoms with Crippen LogP contribution in [-0.4, -0.2) is 47.6 Å². The van der Waals surface area contributed by atoms with Crippen LogP contribution in [0.25, 0.3) is 0 Å². The molecule has 2 heterocycles. The Kier molecular flexibility index (Phi) is 5.52. The van der Waals surface area contributed by atoms with Crippen molar-refractivity contribution < 1.29 is 0 Å². The van der Waals surface area contributed by atoms with Crippen molar-refractivity contribution in [1.29, 1.82) is 5.26 Å². The summed E-state index contributed by atoms with van der Waals surface area (Å²) >= 11 is 12.0. The van der Waals surface area contributed by atoms with Gasteiger partial charge in [0, 0.05) is 38.9 Å². The van der Waals surface area contributed by atoms with Gasteiger partial charge in [-0.15, -0.1) is 0 Å². The van der Waals surface area contributed by atoms with Crippen LogP contribution in [0.15, 0.2) is 30.5 Å². The van der Waals surface area contributed by atoms with E-state index in [1.54, 1.807) is 12.3 Å². The molecule has 124 valence electrons. The zero-order valence-electron chi connectivity index (χ0n) is 13.1. The molecule has 0 bridgehead atoms. The Bertz CT molecular complexity index is 751. The Morgan fingerprint density at radius 1 is 1.08 bits per heavy atom. The first-order chi connectivity index (χ1) is 11.7. The number of nitriles is 1. The summed E-state index contributed by atoms with van der Waals surface area (Å²) in [7, 11) is 0. The smallest absolute Gasteiger partial charge is 0.226 e. The lowest BCUT2D eigenvalue weighted by Crippen LogP contribution is -2.47. The van der Waals surface area contributed by atoms with Gasteiger partial charge in [-0.1, -0.05) is 29.3 Å². The van der Waals surface area contributed by atoms with Crippen LogP contribution in [0.2, 0.25) is 10.0 Å². The van der Waals surface area contributed by atoms with Crippen LogP contribution in [0.4, 0.5) is 5.95 Å². The highest BCUT2D eigenvalue weighted by molar-refractivity contribution is 6.42. The first kappa shape index (κ1) is 17.0. The SMILES string of the molecule is N#Cc1ccnc(N2CCN(CCc3ccc(Cl)c(Cl)c3)CC2)n1. The molecule has 0 aliphatic carbocycles. The summed E-state index contributed by atoms with van der Waals surface area (Å²) in [4.78, 5) is 13.1. The lowest BCUT2D eigenvalue weighted by Gasteiger charge is -2.34. The minimum absolute atomic E-state index is 0.405. The zero-order chi connectivity index (χ0) is 16.9. The summed E-state index contributed by atoms with van der Waals surface area (Å²) in [6.07, 6.45) is 2.58. The molecule has 0 atom stereocenters. The number of anilines is 1. The molecule has 5 nitrogen and oxygen atoms in total. The van der Waals surface area contributed by atoms with Crippen molar-refractivity contribution in [2.75, 3.05) is 37.6 Å². The van der Waals surface area contributed by atoms with Crippen molar-refractivity contribution in [3.05, 3.63) is 51.8 Å². The van der Waals surface area contributed by atoms with Gasteiger partial charge in [-0.2, -0.15) is 5.26 Å². The molecule has 1 aromatic carbocycles. The summed E-state index contributed by atoms with van der Waals surface area (Å²) in [5, 5.41) is 10.1. The van der Waals surface area contributed by atoms with Crippen LogP contribution in [-0.2, 0) is 6.42 Å². The van der Waals surface area contributed by atoms with Crippen molar-refractivity contribution in [2.24, 2.45) is 0 Å². The Balaban J connectivity index is 1.51. The van der Waals surface area contributed by atoms with Gasteiger partial charge in [0.25, 0.3) is 0 Å². The first-order valence-electron chi connectivity index (χ1n) is 7.80. The highest BCUT2D eigenvalue weighted by atomic mass is 35.5. The second-order valence-corrected chi connectivity index (χ2v) is 6.50. The van der Waals surface area contributed by atoms with Gasteiger partial charge in [-0.25, -0.2) is 9.97 Å². The predicted octanol–water partition coefficient (Wildman–Crippen LogP) is 3.02.